The third-order valence-corrected chi connectivity index (χ3v) is 5.60. The summed E-state index contributed by atoms with van der Waals surface area (Å²) in [5.74, 6) is 1.24. The second kappa shape index (κ2) is 10.9. The lowest BCUT2D eigenvalue weighted by Gasteiger charge is -2.17. The molecule has 2 aromatic carbocycles. The van der Waals surface area contributed by atoms with Gasteiger partial charge in [0.2, 0.25) is 0 Å². The highest BCUT2D eigenvalue weighted by molar-refractivity contribution is 5.64. The number of aromatic nitrogens is 2. The minimum absolute atomic E-state index is 0.186. The van der Waals surface area contributed by atoms with Crippen LogP contribution in [0, 0.1) is 29.6 Å². The number of aryl methyl sites for hydroxylation is 1. The quantitative estimate of drug-likeness (QED) is 0.384. The minimum Gasteiger partial charge on any atom is -0.487 e. The fourth-order valence-corrected chi connectivity index (χ4v) is 3.62. The number of nitrogens with zero attached hydrogens (tertiary/aromatic N) is 4. The SMILES string of the molecule is Cc1ncc(CNc2ccc(-c3ccc(C#N)cc3)cn2)c(CO)c1OCc1ccc(C#N)cc1. The molecule has 2 N–H and O–H groups in total. The Kier molecular flexibility index (Phi) is 7.32. The molecule has 0 bridgehead atoms. The molecule has 4 rings (SSSR count). The molecule has 0 aliphatic heterocycles. The first-order valence-corrected chi connectivity index (χ1v) is 11.0. The van der Waals surface area contributed by atoms with Gasteiger partial charge in [-0.05, 0) is 60.0 Å². The Labute approximate surface area is 203 Å². The van der Waals surface area contributed by atoms with Gasteiger partial charge in [0.1, 0.15) is 18.2 Å². The monoisotopic (exact) mass is 461 g/mol. The Morgan fingerprint density at radius 3 is 2.11 bits per heavy atom. The lowest BCUT2D eigenvalue weighted by atomic mass is 10.1. The first-order chi connectivity index (χ1) is 17.1. The van der Waals surface area contributed by atoms with Gasteiger partial charge in [-0.3, -0.25) is 4.98 Å². The molecule has 7 nitrogen and oxygen atoms in total. The topological polar surface area (TPSA) is 115 Å². The summed E-state index contributed by atoms with van der Waals surface area (Å²) < 4.78 is 6.02. The molecule has 172 valence electrons. The second-order valence-corrected chi connectivity index (χ2v) is 7.91. The molecule has 0 saturated carbocycles. The van der Waals surface area contributed by atoms with E-state index in [9.17, 15) is 5.11 Å². The summed E-state index contributed by atoms with van der Waals surface area (Å²) in [5.41, 5.74) is 6.24. The van der Waals surface area contributed by atoms with Crippen LogP contribution in [0.4, 0.5) is 5.82 Å². The minimum atomic E-state index is -0.186. The lowest BCUT2D eigenvalue weighted by molar-refractivity contribution is 0.256. The van der Waals surface area contributed by atoms with Crippen molar-refractivity contribution in [2.24, 2.45) is 0 Å². The van der Waals surface area contributed by atoms with Crippen LogP contribution in [-0.2, 0) is 19.8 Å². The summed E-state index contributed by atoms with van der Waals surface area (Å²) in [6.07, 6.45) is 3.50. The highest BCUT2D eigenvalue weighted by Gasteiger charge is 2.14. The van der Waals surface area contributed by atoms with Gasteiger partial charge in [-0.15, -0.1) is 0 Å². The van der Waals surface area contributed by atoms with Crippen LogP contribution in [-0.4, -0.2) is 15.1 Å². The number of hydrogen-bond acceptors (Lipinski definition) is 7. The summed E-state index contributed by atoms with van der Waals surface area (Å²) in [7, 11) is 0. The van der Waals surface area contributed by atoms with Crippen molar-refractivity contribution in [1.82, 2.24) is 9.97 Å². The molecule has 0 atom stereocenters. The molecule has 4 aromatic rings. The number of pyridine rings is 2. The first kappa shape index (κ1) is 23.4. The van der Waals surface area contributed by atoms with Gasteiger partial charge in [-0.25, -0.2) is 4.98 Å². The zero-order valence-corrected chi connectivity index (χ0v) is 19.2. The van der Waals surface area contributed by atoms with Crippen LogP contribution in [0.2, 0.25) is 0 Å². The van der Waals surface area contributed by atoms with E-state index < -0.39 is 0 Å². The van der Waals surface area contributed by atoms with Gasteiger partial charge in [0, 0.05) is 30.1 Å². The number of nitrogens with one attached hydrogen (secondary N) is 1. The van der Waals surface area contributed by atoms with E-state index in [0.29, 0.717) is 47.1 Å². The first-order valence-electron chi connectivity index (χ1n) is 11.0. The van der Waals surface area contributed by atoms with Gasteiger partial charge in [-0.1, -0.05) is 24.3 Å². The van der Waals surface area contributed by atoms with E-state index >= 15 is 0 Å². The number of aliphatic hydroxyl groups excluding tert-OH is 1. The zero-order valence-electron chi connectivity index (χ0n) is 19.2. The number of ether oxygens (including phenoxy) is 1. The number of nitriles is 2. The van der Waals surface area contributed by atoms with Gasteiger partial charge < -0.3 is 15.2 Å². The van der Waals surface area contributed by atoms with Gasteiger partial charge in [0.15, 0.2) is 0 Å². The molecular weight excluding hydrogens is 438 g/mol. The molecule has 0 aliphatic carbocycles. The zero-order chi connectivity index (χ0) is 24.6. The molecule has 7 heteroatoms. The van der Waals surface area contributed by atoms with Crippen molar-refractivity contribution in [2.75, 3.05) is 5.32 Å². The summed E-state index contributed by atoms with van der Waals surface area (Å²) >= 11 is 0. The van der Waals surface area contributed by atoms with Gasteiger partial charge in [-0.2, -0.15) is 10.5 Å². The third-order valence-electron chi connectivity index (χ3n) is 5.60. The van der Waals surface area contributed by atoms with Crippen molar-refractivity contribution in [1.29, 1.82) is 10.5 Å². The third kappa shape index (κ3) is 5.62. The van der Waals surface area contributed by atoms with Crippen LogP contribution in [0.25, 0.3) is 11.1 Å². The van der Waals surface area contributed by atoms with E-state index in [2.05, 4.69) is 27.4 Å². The van der Waals surface area contributed by atoms with E-state index in [0.717, 1.165) is 22.3 Å². The van der Waals surface area contributed by atoms with Crippen molar-refractivity contribution in [2.45, 2.75) is 26.7 Å². The second-order valence-electron chi connectivity index (χ2n) is 7.91. The highest BCUT2D eigenvalue weighted by Crippen LogP contribution is 2.27. The van der Waals surface area contributed by atoms with Crippen molar-refractivity contribution in [3.63, 3.8) is 0 Å². The van der Waals surface area contributed by atoms with E-state index in [1.165, 1.54) is 0 Å². The fraction of sp³-hybridized carbons (Fsp3) is 0.143. The van der Waals surface area contributed by atoms with Gasteiger partial charge >= 0.3 is 0 Å². The average molecular weight is 462 g/mol. The van der Waals surface area contributed by atoms with Crippen LogP contribution in [0.1, 0.15) is 33.5 Å². The fourth-order valence-electron chi connectivity index (χ4n) is 3.62. The molecule has 0 saturated heterocycles. The van der Waals surface area contributed by atoms with Gasteiger partial charge in [0.05, 0.1) is 35.6 Å². The molecule has 0 aliphatic rings. The molecule has 0 amide bonds. The van der Waals surface area contributed by atoms with Crippen LogP contribution >= 0.6 is 0 Å². The van der Waals surface area contributed by atoms with E-state index in [-0.39, 0.29) is 6.61 Å². The predicted octanol–water partition coefficient (Wildman–Crippen LogP) is 4.88. The molecule has 0 fully saturated rings. The van der Waals surface area contributed by atoms with Crippen molar-refractivity contribution in [3.05, 3.63) is 107 Å². The highest BCUT2D eigenvalue weighted by atomic mass is 16.5. The van der Waals surface area contributed by atoms with Crippen molar-refractivity contribution >= 4 is 5.82 Å². The smallest absolute Gasteiger partial charge is 0.146 e. The molecule has 35 heavy (non-hydrogen) atoms. The Morgan fingerprint density at radius 1 is 0.857 bits per heavy atom. The Morgan fingerprint density at radius 2 is 1.51 bits per heavy atom. The average Bonchev–Trinajstić information content (AvgIpc) is 2.92. The summed E-state index contributed by atoms with van der Waals surface area (Å²) in [6, 6.07) is 22.6. The maximum absolute atomic E-state index is 10.1. The largest absolute Gasteiger partial charge is 0.487 e. The number of aliphatic hydroxyl groups is 1. The number of hydrogen-bond donors (Lipinski definition) is 2. The Balaban J connectivity index is 1.45. The number of benzene rings is 2. The van der Waals surface area contributed by atoms with E-state index in [4.69, 9.17) is 15.3 Å². The van der Waals surface area contributed by atoms with E-state index in [1.807, 2.05) is 43.3 Å². The molecule has 2 heterocycles. The predicted molar refractivity (Wildman–Crippen MR) is 132 cm³/mol. The van der Waals surface area contributed by atoms with Crippen molar-refractivity contribution in [3.8, 4) is 29.0 Å². The summed E-state index contributed by atoms with van der Waals surface area (Å²) in [6.45, 7) is 2.37. The molecule has 0 spiro atoms. The maximum atomic E-state index is 10.1. The summed E-state index contributed by atoms with van der Waals surface area (Å²) in [5, 5.41) is 31.3. The molecular formula is C28H23N5O2. The standard InChI is InChI=1S/C28H23N5O2/c1-19-28(35-18-22-4-2-20(12-29)3-5-22)26(17-34)25(15-31-19)16-33-27-11-10-24(14-32-27)23-8-6-21(13-30)7-9-23/h2-11,14-15,34H,16-18H2,1H3,(H,32,33). The van der Waals surface area contributed by atoms with Gasteiger partial charge in [0.25, 0.3) is 0 Å². The molecule has 2 aromatic heterocycles. The van der Waals surface area contributed by atoms with Crippen molar-refractivity contribution < 1.29 is 9.84 Å². The number of anilines is 1. The normalized spacial score (nSPS) is 10.3. The molecule has 0 unspecified atom stereocenters. The van der Waals surface area contributed by atoms with Crippen LogP contribution in [0.15, 0.2) is 73.1 Å². The van der Waals surface area contributed by atoms with Crippen LogP contribution in [0.3, 0.4) is 0 Å². The van der Waals surface area contributed by atoms with Crippen LogP contribution in [0.5, 0.6) is 5.75 Å². The van der Waals surface area contributed by atoms with Crippen LogP contribution < -0.4 is 10.1 Å². The molecule has 0 radical (unpaired) electrons. The Bertz CT molecular complexity index is 1380. The number of rotatable bonds is 8. The van der Waals surface area contributed by atoms with E-state index in [1.54, 1.807) is 36.7 Å². The maximum Gasteiger partial charge on any atom is 0.146 e. The Hall–Kier alpha value is -4.72. The summed E-state index contributed by atoms with van der Waals surface area (Å²) in [4.78, 5) is 8.93. The lowest BCUT2D eigenvalue weighted by Crippen LogP contribution is -2.09.